The number of alkyl halides is 1. The molecule has 7 atom stereocenters. The summed E-state index contributed by atoms with van der Waals surface area (Å²) < 4.78 is 6.37. The molecular weight excluding hydrogens is 504 g/mol. The molecule has 2 amide bonds. The quantitative estimate of drug-likeness (QED) is 0.343. The number of aliphatic hydroxyl groups excluding tert-OH is 1. The summed E-state index contributed by atoms with van der Waals surface area (Å²) in [7, 11) is 0. The smallest absolute Gasteiger partial charge is 0.310 e. The third kappa shape index (κ3) is 4.01. The van der Waals surface area contributed by atoms with Crippen LogP contribution in [0, 0.1) is 17.8 Å². The lowest BCUT2D eigenvalue weighted by Gasteiger charge is -2.42. The van der Waals surface area contributed by atoms with E-state index in [0.29, 0.717) is 19.4 Å². The molecule has 4 fully saturated rings. The van der Waals surface area contributed by atoms with Crippen LogP contribution >= 0.6 is 15.9 Å². The normalized spacial score (nSPS) is 36.1. The van der Waals surface area contributed by atoms with Crippen LogP contribution in [0.3, 0.4) is 0 Å². The number of carboxylic acids is 1. The van der Waals surface area contributed by atoms with Gasteiger partial charge >= 0.3 is 5.97 Å². The molecule has 2 N–H and O–H groups in total. The van der Waals surface area contributed by atoms with Gasteiger partial charge in [0.05, 0.1) is 30.6 Å². The maximum absolute atomic E-state index is 14.4. The summed E-state index contributed by atoms with van der Waals surface area (Å²) >= 11 is 3.58. The van der Waals surface area contributed by atoms with Crippen LogP contribution in [0.25, 0.3) is 0 Å². The van der Waals surface area contributed by atoms with E-state index in [-0.39, 0.29) is 35.2 Å². The highest BCUT2D eigenvalue weighted by atomic mass is 79.9. The highest BCUT2D eigenvalue weighted by molar-refractivity contribution is 9.09. The van der Waals surface area contributed by atoms with Crippen molar-refractivity contribution in [3.63, 3.8) is 0 Å². The van der Waals surface area contributed by atoms with Crippen LogP contribution in [0.4, 0.5) is 0 Å². The van der Waals surface area contributed by atoms with Crippen LogP contribution in [-0.4, -0.2) is 85.6 Å². The van der Waals surface area contributed by atoms with Crippen molar-refractivity contribution in [3.8, 4) is 0 Å². The zero-order valence-corrected chi connectivity index (χ0v) is 21.7. The third-order valence-electron chi connectivity index (χ3n) is 8.22. The summed E-state index contributed by atoms with van der Waals surface area (Å²) in [5.41, 5.74) is -1.21. The van der Waals surface area contributed by atoms with Crippen LogP contribution in [0.5, 0.6) is 0 Å². The summed E-state index contributed by atoms with van der Waals surface area (Å²) in [6.07, 6.45) is 6.97. The van der Waals surface area contributed by atoms with E-state index in [1.54, 1.807) is 6.08 Å². The number of carbonyl (C=O) groups is 3. The van der Waals surface area contributed by atoms with Crippen LogP contribution in [0.15, 0.2) is 12.7 Å². The van der Waals surface area contributed by atoms with Crippen molar-refractivity contribution in [3.05, 3.63) is 12.7 Å². The first-order valence-electron chi connectivity index (χ1n) is 12.6. The molecule has 3 saturated heterocycles. The fourth-order valence-corrected chi connectivity index (χ4v) is 7.89. The van der Waals surface area contributed by atoms with E-state index >= 15 is 0 Å². The molecule has 3 aliphatic heterocycles. The van der Waals surface area contributed by atoms with Crippen molar-refractivity contribution in [2.75, 3.05) is 13.2 Å². The zero-order chi connectivity index (χ0) is 24.8. The molecule has 1 aliphatic carbocycles. The Labute approximate surface area is 209 Å². The van der Waals surface area contributed by atoms with Crippen LogP contribution in [0.1, 0.15) is 58.8 Å². The standard InChI is InChI=1S/C25H37BrN2O6/c1-4-10-27(15-8-6-5-7-9-15)23(31)21-25-12-17(26)20(34-25)18(24(32)33)19(25)22(30)28(21)16(13-29)11-14(2)3/h4,14-21,29H,1,5-13H2,2-3H3,(H,32,33)/t16-,17?,18-,19+,20-,21?,25?/m1/s1. The van der Waals surface area contributed by atoms with Crippen molar-refractivity contribution in [2.24, 2.45) is 17.8 Å². The van der Waals surface area contributed by atoms with Gasteiger partial charge in [0.25, 0.3) is 0 Å². The fraction of sp³-hybridized carbons (Fsp3) is 0.800. The predicted octanol–water partition coefficient (Wildman–Crippen LogP) is 2.57. The van der Waals surface area contributed by atoms with Crippen molar-refractivity contribution in [2.45, 2.75) is 93.5 Å². The first-order chi connectivity index (χ1) is 16.2. The number of aliphatic carboxylic acids is 1. The third-order valence-corrected chi connectivity index (χ3v) is 9.06. The summed E-state index contributed by atoms with van der Waals surface area (Å²) in [6.45, 7) is 7.93. The first-order valence-corrected chi connectivity index (χ1v) is 13.5. The van der Waals surface area contributed by atoms with Gasteiger partial charge in [-0.1, -0.05) is 55.1 Å². The molecule has 4 rings (SSSR count). The summed E-state index contributed by atoms with van der Waals surface area (Å²) in [5.74, 6) is -3.45. The number of nitrogens with zero attached hydrogens (tertiary/aromatic N) is 2. The molecule has 1 spiro atoms. The summed E-state index contributed by atoms with van der Waals surface area (Å²) in [6, 6.07) is -1.49. The lowest BCUT2D eigenvalue weighted by molar-refractivity contribution is -0.154. The van der Waals surface area contributed by atoms with E-state index in [0.717, 1.165) is 32.1 Å². The second kappa shape index (κ2) is 9.90. The van der Waals surface area contributed by atoms with Gasteiger partial charge in [0.1, 0.15) is 11.6 Å². The Hall–Kier alpha value is -1.45. The molecule has 3 unspecified atom stereocenters. The topological polar surface area (TPSA) is 107 Å². The monoisotopic (exact) mass is 540 g/mol. The minimum Gasteiger partial charge on any atom is -0.481 e. The Bertz CT molecular complexity index is 830. The minimum atomic E-state index is -1.21. The second-order valence-corrected chi connectivity index (χ2v) is 12.0. The van der Waals surface area contributed by atoms with Crippen molar-refractivity contribution in [1.82, 2.24) is 9.80 Å². The van der Waals surface area contributed by atoms with Gasteiger partial charge in [-0.15, -0.1) is 6.58 Å². The molecule has 9 heteroatoms. The number of halogens is 1. The number of hydrogen-bond acceptors (Lipinski definition) is 5. The molecule has 190 valence electrons. The molecule has 1 saturated carbocycles. The van der Waals surface area contributed by atoms with Crippen LogP contribution in [0.2, 0.25) is 0 Å². The van der Waals surface area contributed by atoms with Crippen LogP contribution in [-0.2, 0) is 19.1 Å². The minimum absolute atomic E-state index is 0.0537. The van der Waals surface area contributed by atoms with Crippen molar-refractivity contribution >= 4 is 33.7 Å². The molecule has 4 aliphatic rings. The number of rotatable bonds is 9. The number of aliphatic hydroxyl groups is 1. The highest BCUT2D eigenvalue weighted by Crippen LogP contribution is 2.60. The maximum atomic E-state index is 14.4. The zero-order valence-electron chi connectivity index (χ0n) is 20.1. The highest BCUT2D eigenvalue weighted by Gasteiger charge is 2.77. The second-order valence-electron chi connectivity index (χ2n) is 10.8. The Balaban J connectivity index is 1.80. The van der Waals surface area contributed by atoms with Crippen molar-refractivity contribution in [1.29, 1.82) is 0 Å². The first kappa shape index (κ1) is 25.6. The lowest BCUT2D eigenvalue weighted by atomic mass is 9.70. The van der Waals surface area contributed by atoms with E-state index < -0.39 is 41.6 Å². The van der Waals surface area contributed by atoms with E-state index in [2.05, 4.69) is 22.5 Å². The maximum Gasteiger partial charge on any atom is 0.310 e. The van der Waals surface area contributed by atoms with Gasteiger partial charge in [0.2, 0.25) is 11.8 Å². The van der Waals surface area contributed by atoms with Gasteiger partial charge in [0, 0.05) is 17.4 Å². The fourth-order valence-electron chi connectivity index (χ4n) is 6.95. The number of carbonyl (C=O) groups excluding carboxylic acids is 2. The predicted molar refractivity (Wildman–Crippen MR) is 129 cm³/mol. The van der Waals surface area contributed by atoms with E-state index in [9.17, 15) is 24.6 Å². The average Bonchev–Trinajstić information content (AvgIpc) is 3.39. The summed E-state index contributed by atoms with van der Waals surface area (Å²) in [4.78, 5) is 43.6. The van der Waals surface area contributed by atoms with Gasteiger partial charge in [-0.25, -0.2) is 0 Å². The SMILES string of the molecule is C=CCN(C(=O)C1N([C@@H](CO)CC(C)C)C(=O)[C@@H]2[C@@H](C(=O)O)[C@@H]3OC12CC3Br)C1CCCCC1. The number of amides is 2. The molecule has 0 aromatic rings. The Kier molecular flexibility index (Phi) is 7.46. The van der Waals surface area contributed by atoms with Gasteiger partial charge in [-0.3, -0.25) is 14.4 Å². The Morgan fingerprint density at radius 1 is 1.32 bits per heavy atom. The molecule has 2 bridgehead atoms. The number of ether oxygens (including phenoxy) is 1. The van der Waals surface area contributed by atoms with Crippen LogP contribution < -0.4 is 0 Å². The molecule has 0 radical (unpaired) electrons. The van der Waals surface area contributed by atoms with E-state index in [1.165, 1.54) is 4.90 Å². The molecule has 0 aromatic carbocycles. The van der Waals surface area contributed by atoms with E-state index in [4.69, 9.17) is 4.74 Å². The van der Waals surface area contributed by atoms with Gasteiger partial charge in [-0.2, -0.15) is 0 Å². The Morgan fingerprint density at radius 2 is 2.00 bits per heavy atom. The van der Waals surface area contributed by atoms with Gasteiger partial charge in [-0.05, 0) is 31.6 Å². The largest absolute Gasteiger partial charge is 0.481 e. The Morgan fingerprint density at radius 3 is 2.56 bits per heavy atom. The molecular formula is C25H37BrN2O6. The van der Waals surface area contributed by atoms with E-state index in [1.807, 2.05) is 18.7 Å². The number of carboxylic acid groups (broad SMARTS) is 1. The molecule has 3 heterocycles. The average molecular weight is 541 g/mol. The number of hydrogen-bond donors (Lipinski definition) is 2. The van der Waals surface area contributed by atoms with Gasteiger partial charge < -0.3 is 24.7 Å². The number of fused-ring (bicyclic) bond motifs is 1. The molecule has 8 nitrogen and oxygen atoms in total. The number of likely N-dealkylation sites (tertiary alicyclic amines) is 1. The van der Waals surface area contributed by atoms with Gasteiger partial charge in [0.15, 0.2) is 0 Å². The summed E-state index contributed by atoms with van der Waals surface area (Å²) in [5, 5.41) is 20.3. The van der Waals surface area contributed by atoms with Crippen molar-refractivity contribution < 1.29 is 29.3 Å². The lowest BCUT2D eigenvalue weighted by Crippen LogP contribution is -2.60. The molecule has 0 aromatic heterocycles. The molecule has 34 heavy (non-hydrogen) atoms.